The molecule has 0 fully saturated rings. The molecule has 1 aromatic carbocycles. The van der Waals surface area contributed by atoms with Crippen molar-refractivity contribution in [3.8, 4) is 11.1 Å². The van der Waals surface area contributed by atoms with Gasteiger partial charge in [0, 0.05) is 17.4 Å². The molecule has 1 heterocycles. The average Bonchev–Trinajstić information content (AvgIpc) is 2.90. The molecular weight excluding hydrogens is 254 g/mol. The van der Waals surface area contributed by atoms with E-state index < -0.39 is 19.0 Å². The molecule has 100 valence electrons. The largest absolute Gasteiger partial charge is 0.332 e. The van der Waals surface area contributed by atoms with Gasteiger partial charge in [-0.25, -0.2) is 13.6 Å². The number of halogens is 2. The summed E-state index contributed by atoms with van der Waals surface area (Å²) in [4.78, 5) is 11.3. The zero-order chi connectivity index (χ0) is 13.7. The zero-order valence-electron chi connectivity index (χ0n) is 9.86. The lowest BCUT2D eigenvalue weighted by molar-refractivity contribution is 0.148. The maximum absolute atomic E-state index is 11.9. The maximum Gasteiger partial charge on any atom is 0.319 e. The smallest absolute Gasteiger partial charge is 0.319 e. The Hall–Kier alpha value is -2.44. The Morgan fingerprint density at radius 3 is 2.89 bits per heavy atom. The van der Waals surface area contributed by atoms with Crippen molar-refractivity contribution in [2.45, 2.75) is 6.43 Å². The van der Waals surface area contributed by atoms with Crippen molar-refractivity contribution in [1.29, 1.82) is 0 Å². The molecule has 1 aromatic heterocycles. The standard InChI is InChI=1S/C12H12F2N4O/c13-11(14)7-15-12(19)18-10-3-1-2-8(4-10)9-5-16-17-6-9/h1-6,11H,7H2,(H,16,17)(H2,15,18,19). The molecule has 0 aliphatic rings. The summed E-state index contributed by atoms with van der Waals surface area (Å²) in [5, 5.41) is 11.1. The Bertz CT molecular complexity index is 542. The summed E-state index contributed by atoms with van der Waals surface area (Å²) in [5.41, 5.74) is 2.25. The van der Waals surface area contributed by atoms with E-state index in [1.165, 1.54) is 0 Å². The molecule has 0 aliphatic carbocycles. The van der Waals surface area contributed by atoms with E-state index in [0.29, 0.717) is 5.69 Å². The van der Waals surface area contributed by atoms with Gasteiger partial charge >= 0.3 is 6.03 Å². The summed E-state index contributed by atoms with van der Waals surface area (Å²) in [5.74, 6) is 0. The van der Waals surface area contributed by atoms with E-state index in [1.807, 2.05) is 6.07 Å². The maximum atomic E-state index is 11.9. The number of urea groups is 1. The van der Waals surface area contributed by atoms with Gasteiger partial charge in [0.05, 0.1) is 12.7 Å². The van der Waals surface area contributed by atoms with Gasteiger partial charge in [0.1, 0.15) is 0 Å². The number of hydrogen-bond donors (Lipinski definition) is 3. The molecule has 0 bridgehead atoms. The molecule has 0 aliphatic heterocycles. The fourth-order valence-electron chi connectivity index (χ4n) is 1.53. The van der Waals surface area contributed by atoms with Gasteiger partial charge in [-0.3, -0.25) is 5.10 Å². The lowest BCUT2D eigenvalue weighted by atomic mass is 10.1. The highest BCUT2D eigenvalue weighted by Gasteiger charge is 2.07. The molecular formula is C12H12F2N4O. The number of carbonyl (C=O) groups is 1. The quantitative estimate of drug-likeness (QED) is 0.795. The minimum Gasteiger partial charge on any atom is -0.332 e. The average molecular weight is 266 g/mol. The predicted molar refractivity (Wildman–Crippen MR) is 67.0 cm³/mol. The van der Waals surface area contributed by atoms with Crippen molar-refractivity contribution in [1.82, 2.24) is 15.5 Å². The summed E-state index contributed by atoms with van der Waals surface area (Å²) in [6.07, 6.45) is 0.800. The lowest BCUT2D eigenvalue weighted by Gasteiger charge is -2.08. The van der Waals surface area contributed by atoms with Crippen LogP contribution in [0.2, 0.25) is 0 Å². The van der Waals surface area contributed by atoms with Gasteiger partial charge in [0.15, 0.2) is 0 Å². The number of H-pyrrole nitrogens is 1. The first kappa shape index (κ1) is 13.0. The fourth-order valence-corrected chi connectivity index (χ4v) is 1.53. The van der Waals surface area contributed by atoms with E-state index in [2.05, 4.69) is 20.8 Å². The number of aromatic amines is 1. The van der Waals surface area contributed by atoms with Crippen molar-refractivity contribution >= 4 is 11.7 Å². The van der Waals surface area contributed by atoms with Crippen LogP contribution in [0.3, 0.4) is 0 Å². The highest BCUT2D eigenvalue weighted by molar-refractivity contribution is 5.90. The third-order valence-electron chi connectivity index (χ3n) is 2.37. The van der Waals surface area contributed by atoms with Gasteiger partial charge in [0.25, 0.3) is 6.43 Å². The Morgan fingerprint density at radius 1 is 1.37 bits per heavy atom. The van der Waals surface area contributed by atoms with E-state index in [4.69, 9.17) is 0 Å². The number of rotatable bonds is 4. The van der Waals surface area contributed by atoms with Gasteiger partial charge in [-0.15, -0.1) is 0 Å². The first-order chi connectivity index (χ1) is 9.15. The van der Waals surface area contributed by atoms with Crippen LogP contribution in [-0.4, -0.2) is 29.2 Å². The first-order valence-electron chi connectivity index (χ1n) is 5.57. The summed E-state index contributed by atoms with van der Waals surface area (Å²) in [6, 6.07) is 6.35. The molecule has 0 spiro atoms. The summed E-state index contributed by atoms with van der Waals surface area (Å²) >= 11 is 0. The molecule has 0 atom stereocenters. The number of nitrogens with zero attached hydrogens (tertiary/aromatic N) is 1. The molecule has 0 saturated carbocycles. The van der Waals surface area contributed by atoms with E-state index in [-0.39, 0.29) is 0 Å². The van der Waals surface area contributed by atoms with Crippen LogP contribution in [0, 0.1) is 0 Å². The zero-order valence-corrected chi connectivity index (χ0v) is 9.86. The first-order valence-corrected chi connectivity index (χ1v) is 5.57. The Balaban J connectivity index is 2.01. The second-order valence-corrected chi connectivity index (χ2v) is 3.79. The number of benzene rings is 1. The van der Waals surface area contributed by atoms with E-state index in [0.717, 1.165) is 11.1 Å². The number of amides is 2. The normalized spacial score (nSPS) is 10.5. The summed E-state index contributed by atoms with van der Waals surface area (Å²) in [7, 11) is 0. The molecule has 0 saturated heterocycles. The third-order valence-corrected chi connectivity index (χ3v) is 2.37. The molecule has 0 radical (unpaired) electrons. The molecule has 0 unspecified atom stereocenters. The van der Waals surface area contributed by atoms with Crippen molar-refractivity contribution in [2.24, 2.45) is 0 Å². The number of nitrogens with one attached hydrogen (secondary N) is 3. The second-order valence-electron chi connectivity index (χ2n) is 3.79. The van der Waals surface area contributed by atoms with Gasteiger partial charge in [-0.2, -0.15) is 5.10 Å². The van der Waals surface area contributed by atoms with Crippen molar-refractivity contribution in [3.63, 3.8) is 0 Å². The summed E-state index contributed by atoms with van der Waals surface area (Å²) in [6.45, 7) is -0.673. The number of anilines is 1. The Labute approximate surface area is 108 Å². The number of aromatic nitrogens is 2. The van der Waals surface area contributed by atoms with Crippen LogP contribution in [-0.2, 0) is 0 Å². The Kier molecular flexibility index (Phi) is 4.07. The minimum absolute atomic E-state index is 0.519. The van der Waals surface area contributed by atoms with Crippen LogP contribution in [0.15, 0.2) is 36.7 Å². The molecule has 2 rings (SSSR count). The molecule has 19 heavy (non-hydrogen) atoms. The predicted octanol–water partition coefficient (Wildman–Crippen LogP) is 2.46. The van der Waals surface area contributed by atoms with Crippen LogP contribution in [0.5, 0.6) is 0 Å². The van der Waals surface area contributed by atoms with E-state index in [9.17, 15) is 13.6 Å². The highest BCUT2D eigenvalue weighted by atomic mass is 19.3. The van der Waals surface area contributed by atoms with Crippen molar-refractivity contribution in [3.05, 3.63) is 36.7 Å². The fraction of sp³-hybridized carbons (Fsp3) is 0.167. The van der Waals surface area contributed by atoms with Crippen LogP contribution >= 0.6 is 0 Å². The Morgan fingerprint density at radius 2 is 2.21 bits per heavy atom. The van der Waals surface area contributed by atoms with Gasteiger partial charge < -0.3 is 10.6 Å². The SMILES string of the molecule is O=C(NCC(F)F)Nc1cccc(-c2cn[nH]c2)c1. The van der Waals surface area contributed by atoms with Crippen LogP contribution in [0.4, 0.5) is 19.3 Å². The topological polar surface area (TPSA) is 69.8 Å². The van der Waals surface area contributed by atoms with Gasteiger partial charge in [0.2, 0.25) is 0 Å². The monoisotopic (exact) mass is 266 g/mol. The van der Waals surface area contributed by atoms with E-state index >= 15 is 0 Å². The van der Waals surface area contributed by atoms with Crippen LogP contribution in [0.25, 0.3) is 11.1 Å². The molecule has 2 aromatic rings. The van der Waals surface area contributed by atoms with Crippen LogP contribution < -0.4 is 10.6 Å². The van der Waals surface area contributed by atoms with Gasteiger partial charge in [-0.1, -0.05) is 12.1 Å². The molecule has 5 nitrogen and oxygen atoms in total. The molecule has 2 amide bonds. The number of carbonyl (C=O) groups excluding carboxylic acids is 1. The van der Waals surface area contributed by atoms with Crippen molar-refractivity contribution < 1.29 is 13.6 Å². The highest BCUT2D eigenvalue weighted by Crippen LogP contribution is 2.21. The second kappa shape index (κ2) is 5.94. The lowest BCUT2D eigenvalue weighted by Crippen LogP contribution is -2.32. The van der Waals surface area contributed by atoms with Crippen molar-refractivity contribution in [2.75, 3.05) is 11.9 Å². The van der Waals surface area contributed by atoms with Crippen LogP contribution in [0.1, 0.15) is 0 Å². The number of hydrogen-bond acceptors (Lipinski definition) is 2. The number of alkyl halides is 2. The summed E-state index contributed by atoms with van der Waals surface area (Å²) < 4.78 is 23.9. The third kappa shape index (κ3) is 3.77. The minimum atomic E-state index is -2.57. The molecule has 7 heteroatoms. The van der Waals surface area contributed by atoms with E-state index in [1.54, 1.807) is 30.6 Å². The van der Waals surface area contributed by atoms with Gasteiger partial charge in [-0.05, 0) is 17.7 Å². The molecule has 3 N–H and O–H groups in total.